The second-order valence-corrected chi connectivity index (χ2v) is 8.79. The lowest BCUT2D eigenvalue weighted by Gasteiger charge is -2.46. The summed E-state index contributed by atoms with van der Waals surface area (Å²) in [5.41, 5.74) is 2.24. The molecule has 1 saturated heterocycles. The van der Waals surface area contributed by atoms with E-state index >= 15 is 0 Å². The third kappa shape index (κ3) is 4.69. The van der Waals surface area contributed by atoms with Gasteiger partial charge in [-0.3, -0.25) is 14.5 Å². The Morgan fingerprint density at radius 3 is 1.78 bits per heavy atom. The van der Waals surface area contributed by atoms with Crippen LogP contribution in [0.2, 0.25) is 0 Å². The number of benzene rings is 3. The molecule has 0 radical (unpaired) electrons. The molecule has 0 unspecified atom stereocenters. The van der Waals surface area contributed by atoms with Crippen molar-refractivity contribution in [1.82, 2.24) is 4.90 Å². The average Bonchev–Trinajstić information content (AvgIpc) is 3.17. The van der Waals surface area contributed by atoms with E-state index in [-0.39, 0.29) is 24.3 Å². The molecule has 1 fully saturated rings. The lowest BCUT2D eigenvalue weighted by atomic mass is 9.95. The zero-order valence-electron chi connectivity index (χ0n) is 19.5. The summed E-state index contributed by atoms with van der Waals surface area (Å²) < 4.78 is 18.2. The van der Waals surface area contributed by atoms with Crippen molar-refractivity contribution in [2.24, 2.45) is 0 Å². The Morgan fingerprint density at radius 1 is 0.750 bits per heavy atom. The Labute approximate surface area is 208 Å². The molecular formula is C28H27NO7. The lowest BCUT2D eigenvalue weighted by molar-refractivity contribution is -0.290. The number of aliphatic hydroxyl groups excluding tert-OH is 2. The number of carbonyl (C=O) groups is 2. The van der Waals surface area contributed by atoms with E-state index in [1.165, 1.54) is 0 Å². The van der Waals surface area contributed by atoms with Crippen molar-refractivity contribution in [2.45, 2.75) is 43.9 Å². The smallest absolute Gasteiger partial charge is 0.262 e. The Kier molecular flexibility index (Phi) is 7.22. The Balaban J connectivity index is 1.49. The van der Waals surface area contributed by atoms with E-state index in [1.54, 1.807) is 24.3 Å². The average molecular weight is 490 g/mol. The summed E-state index contributed by atoms with van der Waals surface area (Å²) in [7, 11) is 0. The Bertz CT molecular complexity index is 1170. The van der Waals surface area contributed by atoms with E-state index in [1.807, 2.05) is 60.7 Å². The molecule has 2 aliphatic rings. The molecule has 0 aromatic heterocycles. The van der Waals surface area contributed by atoms with Crippen molar-refractivity contribution in [1.29, 1.82) is 0 Å². The topological polar surface area (TPSA) is 106 Å². The molecule has 0 saturated carbocycles. The summed E-state index contributed by atoms with van der Waals surface area (Å²) in [4.78, 5) is 27.9. The Morgan fingerprint density at radius 2 is 1.25 bits per heavy atom. The number of aliphatic hydroxyl groups is 2. The van der Waals surface area contributed by atoms with Crippen LogP contribution in [0.3, 0.4) is 0 Å². The Hall–Kier alpha value is -3.40. The minimum Gasteiger partial charge on any atom is -0.394 e. The quantitative estimate of drug-likeness (QED) is 0.469. The van der Waals surface area contributed by atoms with E-state index in [0.29, 0.717) is 0 Å². The second kappa shape index (κ2) is 10.7. The van der Waals surface area contributed by atoms with Crippen LogP contribution in [0, 0.1) is 0 Å². The number of hydrogen-bond donors (Lipinski definition) is 2. The number of amides is 2. The van der Waals surface area contributed by atoms with Gasteiger partial charge in [-0.25, -0.2) is 0 Å². The highest BCUT2D eigenvalue weighted by Gasteiger charge is 2.54. The number of rotatable bonds is 8. The van der Waals surface area contributed by atoms with Crippen LogP contribution in [0.4, 0.5) is 0 Å². The number of carbonyl (C=O) groups excluding carboxylic acids is 2. The van der Waals surface area contributed by atoms with Gasteiger partial charge in [0.15, 0.2) is 6.29 Å². The molecule has 8 heteroatoms. The zero-order chi connectivity index (χ0) is 25.1. The highest BCUT2D eigenvalue weighted by molar-refractivity contribution is 6.21. The molecule has 5 atom stereocenters. The molecule has 0 spiro atoms. The van der Waals surface area contributed by atoms with Gasteiger partial charge < -0.3 is 24.4 Å². The van der Waals surface area contributed by atoms with Gasteiger partial charge in [-0.05, 0) is 23.3 Å². The maximum Gasteiger partial charge on any atom is 0.262 e. The van der Waals surface area contributed by atoms with Gasteiger partial charge in [-0.2, -0.15) is 0 Å². The van der Waals surface area contributed by atoms with Crippen molar-refractivity contribution in [3.8, 4) is 0 Å². The highest BCUT2D eigenvalue weighted by atomic mass is 16.7. The van der Waals surface area contributed by atoms with Gasteiger partial charge in [0.05, 0.1) is 30.9 Å². The van der Waals surface area contributed by atoms with E-state index < -0.39 is 49.1 Å². The van der Waals surface area contributed by atoms with E-state index in [2.05, 4.69) is 0 Å². The van der Waals surface area contributed by atoms with Gasteiger partial charge in [0.25, 0.3) is 11.8 Å². The van der Waals surface area contributed by atoms with Crippen molar-refractivity contribution in [3.05, 3.63) is 107 Å². The fourth-order valence-corrected chi connectivity index (χ4v) is 4.65. The molecule has 2 aliphatic heterocycles. The van der Waals surface area contributed by atoms with Gasteiger partial charge in [0, 0.05) is 0 Å². The largest absolute Gasteiger partial charge is 0.394 e. The van der Waals surface area contributed by atoms with Crippen LogP contribution >= 0.6 is 0 Å². The van der Waals surface area contributed by atoms with Gasteiger partial charge >= 0.3 is 0 Å². The van der Waals surface area contributed by atoms with Crippen LogP contribution in [0.1, 0.15) is 31.8 Å². The molecule has 2 N–H and O–H groups in total. The molecule has 2 amide bonds. The number of fused-ring (bicyclic) bond motifs is 1. The van der Waals surface area contributed by atoms with Crippen LogP contribution < -0.4 is 0 Å². The molecule has 5 rings (SSSR count). The minimum atomic E-state index is -1.32. The van der Waals surface area contributed by atoms with Crippen LogP contribution in [0.5, 0.6) is 0 Å². The summed E-state index contributed by atoms with van der Waals surface area (Å²) in [6, 6.07) is 24.2. The normalized spacial score (nSPS) is 25.7. The van der Waals surface area contributed by atoms with Gasteiger partial charge in [0.1, 0.15) is 24.4 Å². The first-order valence-corrected chi connectivity index (χ1v) is 11.8. The first-order chi connectivity index (χ1) is 17.6. The lowest BCUT2D eigenvalue weighted by Crippen LogP contribution is -2.66. The van der Waals surface area contributed by atoms with Crippen LogP contribution in [0.15, 0.2) is 84.9 Å². The molecule has 36 heavy (non-hydrogen) atoms. The fourth-order valence-electron chi connectivity index (χ4n) is 4.65. The third-order valence-electron chi connectivity index (χ3n) is 6.49. The standard InChI is InChI=1S/C28H27NO7/c30-15-22-24(31)25(34-16-18-9-3-1-4-10-18)23(28(36-22)35-17-19-11-5-2-6-12-19)29-26(32)20-13-7-8-14-21(20)27(29)33/h1-14,22-25,28,30-31H,15-17H2/t22-,23-,24-,25-,28-/m1/s1. The van der Waals surface area contributed by atoms with Gasteiger partial charge in [-0.1, -0.05) is 72.8 Å². The van der Waals surface area contributed by atoms with E-state index in [9.17, 15) is 19.8 Å². The fraction of sp³-hybridized carbons (Fsp3) is 0.286. The number of imide groups is 1. The van der Waals surface area contributed by atoms with Crippen LogP contribution in [0.25, 0.3) is 0 Å². The first kappa shape index (κ1) is 24.3. The summed E-state index contributed by atoms with van der Waals surface area (Å²) in [5.74, 6) is -1.03. The van der Waals surface area contributed by atoms with Crippen molar-refractivity contribution in [3.63, 3.8) is 0 Å². The van der Waals surface area contributed by atoms with Gasteiger partial charge in [-0.15, -0.1) is 0 Å². The van der Waals surface area contributed by atoms with Crippen LogP contribution in [-0.4, -0.2) is 64.2 Å². The molecule has 0 aliphatic carbocycles. The highest BCUT2D eigenvalue weighted by Crippen LogP contribution is 2.34. The third-order valence-corrected chi connectivity index (χ3v) is 6.49. The first-order valence-electron chi connectivity index (χ1n) is 11.8. The monoisotopic (exact) mass is 489 g/mol. The zero-order valence-corrected chi connectivity index (χ0v) is 19.5. The second-order valence-electron chi connectivity index (χ2n) is 8.79. The SMILES string of the molecule is O=C1c2ccccc2C(=O)N1[C@H]1[C@H](OCc2ccccc2)O[C@H](CO)[C@@H](O)[C@@H]1OCc1ccccc1. The van der Waals surface area contributed by atoms with Gasteiger partial charge in [0.2, 0.25) is 0 Å². The van der Waals surface area contributed by atoms with Crippen molar-refractivity contribution in [2.75, 3.05) is 6.61 Å². The molecule has 3 aromatic rings. The number of nitrogens with zero attached hydrogens (tertiary/aromatic N) is 1. The predicted molar refractivity (Wildman–Crippen MR) is 129 cm³/mol. The predicted octanol–water partition coefficient (Wildman–Crippen LogP) is 2.53. The van der Waals surface area contributed by atoms with Crippen LogP contribution in [-0.2, 0) is 27.4 Å². The molecular weight excluding hydrogens is 462 g/mol. The molecule has 3 aromatic carbocycles. The summed E-state index contributed by atoms with van der Waals surface area (Å²) in [5, 5.41) is 21.0. The van der Waals surface area contributed by atoms with Crippen molar-refractivity contribution >= 4 is 11.8 Å². The summed E-state index contributed by atoms with van der Waals surface area (Å²) in [6.07, 6.45) is -4.56. The van der Waals surface area contributed by atoms with E-state index in [4.69, 9.17) is 14.2 Å². The minimum absolute atomic E-state index is 0.117. The molecule has 2 heterocycles. The molecule has 186 valence electrons. The summed E-state index contributed by atoms with van der Waals surface area (Å²) in [6.45, 7) is -0.247. The molecule has 0 bridgehead atoms. The maximum absolute atomic E-state index is 13.4. The summed E-state index contributed by atoms with van der Waals surface area (Å²) >= 11 is 0. The maximum atomic E-state index is 13.4. The molecule has 8 nitrogen and oxygen atoms in total. The van der Waals surface area contributed by atoms with Crippen molar-refractivity contribution < 1.29 is 34.0 Å². The van der Waals surface area contributed by atoms with E-state index in [0.717, 1.165) is 16.0 Å². The number of ether oxygens (including phenoxy) is 3. The number of hydrogen-bond acceptors (Lipinski definition) is 7.